The van der Waals surface area contributed by atoms with E-state index in [0.717, 1.165) is 48.6 Å². The van der Waals surface area contributed by atoms with Gasteiger partial charge in [-0.1, -0.05) is 19.3 Å². The summed E-state index contributed by atoms with van der Waals surface area (Å²) in [5.41, 5.74) is 0. The first-order chi connectivity index (χ1) is 13.6. The summed E-state index contributed by atoms with van der Waals surface area (Å²) in [7, 11) is 1.98. The smallest absolute Gasteiger partial charge is 0.192 e. The molecule has 28 heavy (non-hydrogen) atoms. The Kier molecular flexibility index (Phi) is 5.59. The van der Waals surface area contributed by atoms with Crippen molar-refractivity contribution in [3.8, 4) is 0 Å². The van der Waals surface area contributed by atoms with Gasteiger partial charge < -0.3 is 15.2 Å². The van der Waals surface area contributed by atoms with Gasteiger partial charge in [0.15, 0.2) is 11.8 Å². The molecular formula is C19H31N9. The summed E-state index contributed by atoms with van der Waals surface area (Å²) < 4.78 is 4.02. The molecule has 2 N–H and O–H groups in total. The Bertz CT molecular complexity index is 829. The summed E-state index contributed by atoms with van der Waals surface area (Å²) in [4.78, 5) is 9.35. The Balaban J connectivity index is 1.45. The Labute approximate surface area is 166 Å². The van der Waals surface area contributed by atoms with Crippen LogP contribution in [-0.2, 0) is 26.6 Å². The average Bonchev–Trinajstić information content (AvgIpc) is 3.22. The maximum atomic E-state index is 4.84. The zero-order chi connectivity index (χ0) is 19.5. The number of nitrogens with one attached hydrogen (secondary N) is 2. The fraction of sp³-hybridized carbons (Fsp3) is 0.737. The van der Waals surface area contributed by atoms with Crippen LogP contribution < -0.4 is 10.6 Å². The second-order valence-corrected chi connectivity index (χ2v) is 8.00. The van der Waals surface area contributed by atoms with Crippen molar-refractivity contribution in [2.24, 2.45) is 12.0 Å². The average molecular weight is 386 g/mol. The monoisotopic (exact) mass is 385 g/mol. The molecule has 0 saturated heterocycles. The molecule has 1 aliphatic carbocycles. The van der Waals surface area contributed by atoms with Crippen molar-refractivity contribution in [3.63, 3.8) is 0 Å². The molecule has 0 bridgehead atoms. The van der Waals surface area contributed by atoms with E-state index in [1.807, 2.05) is 30.1 Å². The molecule has 3 heterocycles. The minimum absolute atomic E-state index is 0.296. The number of aromatic nitrogens is 6. The number of hydrogen-bond donors (Lipinski definition) is 2. The quantitative estimate of drug-likeness (QED) is 0.610. The molecule has 1 unspecified atom stereocenters. The molecule has 9 nitrogen and oxygen atoms in total. The second kappa shape index (κ2) is 8.28. The van der Waals surface area contributed by atoms with Gasteiger partial charge in [-0.3, -0.25) is 0 Å². The Morgan fingerprint density at radius 3 is 2.61 bits per heavy atom. The fourth-order valence-corrected chi connectivity index (χ4v) is 4.06. The first-order valence-electron chi connectivity index (χ1n) is 10.4. The Hall–Kier alpha value is -2.45. The predicted octanol–water partition coefficient (Wildman–Crippen LogP) is 1.41. The zero-order valence-corrected chi connectivity index (χ0v) is 17.1. The molecule has 1 fully saturated rings. The minimum Gasteiger partial charge on any atom is -0.354 e. The summed E-state index contributed by atoms with van der Waals surface area (Å²) in [5.74, 6) is 4.59. The topological polar surface area (TPSA) is 97.8 Å². The lowest BCUT2D eigenvalue weighted by molar-refractivity contribution is 0.378. The molecule has 2 aromatic rings. The van der Waals surface area contributed by atoms with E-state index in [-0.39, 0.29) is 0 Å². The second-order valence-electron chi connectivity index (χ2n) is 8.00. The third kappa shape index (κ3) is 4.34. The summed E-state index contributed by atoms with van der Waals surface area (Å²) >= 11 is 0. The number of fused-ring (bicyclic) bond motifs is 1. The Morgan fingerprint density at radius 2 is 1.86 bits per heavy atom. The molecule has 2 aliphatic rings. The molecule has 4 rings (SSSR count). The van der Waals surface area contributed by atoms with Gasteiger partial charge in [-0.05, 0) is 33.1 Å². The van der Waals surface area contributed by atoms with Crippen LogP contribution in [0.3, 0.4) is 0 Å². The molecule has 2 aromatic heterocycles. The molecule has 0 radical (unpaired) electrons. The van der Waals surface area contributed by atoms with Crippen molar-refractivity contribution in [2.45, 2.75) is 84.0 Å². The molecule has 1 saturated carbocycles. The lowest BCUT2D eigenvalue weighted by Gasteiger charge is -2.29. The van der Waals surface area contributed by atoms with Gasteiger partial charge in [0.05, 0.1) is 6.54 Å². The van der Waals surface area contributed by atoms with Crippen molar-refractivity contribution in [2.75, 3.05) is 0 Å². The fourth-order valence-electron chi connectivity index (χ4n) is 4.06. The largest absolute Gasteiger partial charge is 0.354 e. The van der Waals surface area contributed by atoms with E-state index in [0.29, 0.717) is 18.6 Å². The van der Waals surface area contributed by atoms with Crippen LogP contribution in [0.25, 0.3) is 0 Å². The van der Waals surface area contributed by atoms with Crippen LogP contribution >= 0.6 is 0 Å². The van der Waals surface area contributed by atoms with Crippen molar-refractivity contribution >= 4 is 5.96 Å². The molecule has 0 amide bonds. The molecule has 152 valence electrons. The highest BCUT2D eigenvalue weighted by Crippen LogP contribution is 2.18. The lowest BCUT2D eigenvalue weighted by Crippen LogP contribution is -2.50. The van der Waals surface area contributed by atoms with Crippen LogP contribution in [0, 0.1) is 13.8 Å². The maximum absolute atomic E-state index is 4.84. The summed E-state index contributed by atoms with van der Waals surface area (Å²) in [5, 5.41) is 20.2. The van der Waals surface area contributed by atoms with Gasteiger partial charge in [0, 0.05) is 25.6 Å². The molecule has 9 heteroatoms. The highest BCUT2D eigenvalue weighted by molar-refractivity contribution is 5.80. The van der Waals surface area contributed by atoms with Crippen LogP contribution in [0.2, 0.25) is 0 Å². The first-order valence-corrected chi connectivity index (χ1v) is 10.4. The molecule has 1 atom stereocenters. The van der Waals surface area contributed by atoms with Crippen LogP contribution in [0.15, 0.2) is 4.99 Å². The van der Waals surface area contributed by atoms with Crippen molar-refractivity contribution < 1.29 is 0 Å². The van der Waals surface area contributed by atoms with Gasteiger partial charge in [-0.2, -0.15) is 5.10 Å². The highest BCUT2D eigenvalue weighted by Gasteiger charge is 2.23. The van der Waals surface area contributed by atoms with Gasteiger partial charge in [-0.25, -0.2) is 14.7 Å². The van der Waals surface area contributed by atoms with E-state index < -0.39 is 0 Å². The number of hydrogen-bond acceptors (Lipinski definition) is 5. The van der Waals surface area contributed by atoms with Crippen molar-refractivity contribution in [1.82, 2.24) is 40.2 Å². The van der Waals surface area contributed by atoms with E-state index in [1.54, 1.807) is 0 Å². The van der Waals surface area contributed by atoms with E-state index in [1.165, 1.54) is 32.1 Å². The number of aryl methyl sites for hydroxylation is 3. The van der Waals surface area contributed by atoms with Crippen LogP contribution in [0.5, 0.6) is 0 Å². The summed E-state index contributed by atoms with van der Waals surface area (Å²) in [6.07, 6.45) is 8.32. The van der Waals surface area contributed by atoms with Gasteiger partial charge in [-0.15, -0.1) is 10.2 Å². The third-order valence-electron chi connectivity index (χ3n) is 5.81. The van der Waals surface area contributed by atoms with Crippen LogP contribution in [0.1, 0.15) is 61.8 Å². The number of rotatable bonds is 4. The third-order valence-corrected chi connectivity index (χ3v) is 5.81. The normalized spacial score (nSPS) is 20.8. The number of nitrogens with zero attached hydrogens (tertiary/aromatic N) is 7. The van der Waals surface area contributed by atoms with E-state index in [4.69, 9.17) is 4.99 Å². The Morgan fingerprint density at radius 1 is 1.07 bits per heavy atom. The summed E-state index contributed by atoms with van der Waals surface area (Å²) in [6, 6.07) is 0.790. The zero-order valence-electron chi connectivity index (χ0n) is 17.1. The van der Waals surface area contributed by atoms with Gasteiger partial charge in [0.2, 0.25) is 0 Å². The minimum atomic E-state index is 0.296. The molecule has 0 spiro atoms. The molecular weight excluding hydrogens is 354 g/mol. The van der Waals surface area contributed by atoms with Gasteiger partial charge >= 0.3 is 0 Å². The van der Waals surface area contributed by atoms with Crippen LogP contribution in [0.4, 0.5) is 0 Å². The van der Waals surface area contributed by atoms with E-state index in [2.05, 4.69) is 30.9 Å². The van der Waals surface area contributed by atoms with E-state index in [9.17, 15) is 0 Å². The lowest BCUT2D eigenvalue weighted by atomic mass is 9.96. The SMILES string of the molecule is Cc1nc2n(n1)CC(NC(=NCc1nnc(C)n1C)NC1CCCCC1)CC2. The summed E-state index contributed by atoms with van der Waals surface area (Å²) in [6.45, 7) is 5.25. The van der Waals surface area contributed by atoms with Crippen molar-refractivity contribution in [1.29, 1.82) is 0 Å². The maximum Gasteiger partial charge on any atom is 0.192 e. The van der Waals surface area contributed by atoms with Gasteiger partial charge in [0.25, 0.3) is 0 Å². The first kappa shape index (κ1) is 18.9. The molecule has 1 aliphatic heterocycles. The standard InChI is InChI=1S/C19H31N9/c1-13-21-17-10-9-16(12-28(17)26-13)23-19(22-15-7-5-4-6-8-15)20-11-18-25-24-14(2)27(18)3/h15-16H,4-12H2,1-3H3,(H2,20,22,23). The van der Waals surface area contributed by atoms with Crippen molar-refractivity contribution in [3.05, 3.63) is 23.3 Å². The highest BCUT2D eigenvalue weighted by atomic mass is 15.4. The molecule has 0 aromatic carbocycles. The number of aliphatic imine (C=N–C) groups is 1. The van der Waals surface area contributed by atoms with Gasteiger partial charge in [0.1, 0.15) is 24.0 Å². The van der Waals surface area contributed by atoms with E-state index >= 15 is 0 Å². The van der Waals surface area contributed by atoms with Crippen LogP contribution in [-0.4, -0.2) is 47.6 Å². The predicted molar refractivity (Wildman–Crippen MR) is 107 cm³/mol. The number of guanidine groups is 1.